The van der Waals surface area contributed by atoms with Gasteiger partial charge in [0.15, 0.2) is 0 Å². The molecule has 0 aromatic carbocycles. The lowest BCUT2D eigenvalue weighted by Crippen LogP contribution is -2.52. The molecular weight excluding hydrogens is 186 g/mol. The fourth-order valence-corrected chi connectivity index (χ4v) is 2.25. The van der Waals surface area contributed by atoms with Gasteiger partial charge in [-0.1, -0.05) is 13.8 Å². The molecule has 2 nitrogen and oxygen atoms in total. The number of hydrogen-bond donors (Lipinski definition) is 1. The standard InChI is InChI=1S/C13H25NO/c1-6-9-10-11-12(15)13(7-2,8-3)14(4)5/h12,15H,7-8,10-11H2,1-5H3. The molecule has 0 radical (unpaired) electrons. The van der Waals surface area contributed by atoms with Crippen LogP contribution in [0.5, 0.6) is 0 Å². The fourth-order valence-electron chi connectivity index (χ4n) is 2.25. The molecule has 0 fully saturated rings. The highest BCUT2D eigenvalue weighted by molar-refractivity contribution is 4.98. The van der Waals surface area contributed by atoms with Crippen LogP contribution in [0.3, 0.4) is 0 Å². The number of hydrogen-bond acceptors (Lipinski definition) is 2. The molecule has 0 spiro atoms. The molecule has 0 saturated heterocycles. The Bertz CT molecular complexity index is 220. The van der Waals surface area contributed by atoms with Gasteiger partial charge in [-0.2, -0.15) is 0 Å². The number of aliphatic hydroxyl groups is 1. The summed E-state index contributed by atoms with van der Waals surface area (Å²) in [5.74, 6) is 5.87. The lowest BCUT2D eigenvalue weighted by atomic mass is 9.83. The summed E-state index contributed by atoms with van der Waals surface area (Å²) in [5.41, 5.74) is -0.0879. The van der Waals surface area contributed by atoms with Crippen molar-refractivity contribution in [3.63, 3.8) is 0 Å². The molecule has 1 unspecified atom stereocenters. The van der Waals surface area contributed by atoms with Crippen molar-refractivity contribution in [3.8, 4) is 11.8 Å². The van der Waals surface area contributed by atoms with Crippen molar-refractivity contribution in [2.24, 2.45) is 0 Å². The lowest BCUT2D eigenvalue weighted by Gasteiger charge is -2.42. The molecule has 1 N–H and O–H groups in total. The van der Waals surface area contributed by atoms with E-state index in [2.05, 4.69) is 30.6 Å². The third kappa shape index (κ3) is 3.52. The molecule has 0 aliphatic heterocycles. The van der Waals surface area contributed by atoms with E-state index in [-0.39, 0.29) is 11.6 Å². The molecule has 88 valence electrons. The largest absolute Gasteiger partial charge is 0.391 e. The average molecular weight is 211 g/mol. The van der Waals surface area contributed by atoms with E-state index in [1.165, 1.54) is 0 Å². The fraction of sp³-hybridized carbons (Fsp3) is 0.846. The van der Waals surface area contributed by atoms with Gasteiger partial charge >= 0.3 is 0 Å². The average Bonchev–Trinajstić information content (AvgIpc) is 2.20. The third-order valence-electron chi connectivity index (χ3n) is 3.45. The SMILES string of the molecule is CC#CCCC(O)C(CC)(CC)N(C)C. The second-order valence-electron chi connectivity index (χ2n) is 4.19. The molecule has 0 rings (SSSR count). The summed E-state index contributed by atoms with van der Waals surface area (Å²) in [6.45, 7) is 6.11. The van der Waals surface area contributed by atoms with Crippen LogP contribution in [0.15, 0.2) is 0 Å². The number of aliphatic hydroxyl groups excluding tert-OH is 1. The Morgan fingerprint density at radius 2 is 1.80 bits per heavy atom. The van der Waals surface area contributed by atoms with E-state index in [1.807, 2.05) is 21.0 Å². The van der Waals surface area contributed by atoms with E-state index in [0.717, 1.165) is 25.7 Å². The first-order valence-corrected chi connectivity index (χ1v) is 5.80. The molecule has 2 heteroatoms. The maximum absolute atomic E-state index is 10.2. The minimum absolute atomic E-state index is 0.0879. The quantitative estimate of drug-likeness (QED) is 0.681. The van der Waals surface area contributed by atoms with Crippen LogP contribution in [0.2, 0.25) is 0 Å². The van der Waals surface area contributed by atoms with Gasteiger partial charge in [-0.3, -0.25) is 0 Å². The number of rotatable bonds is 6. The molecule has 0 saturated carbocycles. The molecule has 0 amide bonds. The highest BCUT2D eigenvalue weighted by Gasteiger charge is 2.35. The molecule has 0 heterocycles. The molecule has 15 heavy (non-hydrogen) atoms. The van der Waals surface area contributed by atoms with Gasteiger partial charge in [-0.05, 0) is 40.3 Å². The van der Waals surface area contributed by atoms with Crippen molar-refractivity contribution in [1.29, 1.82) is 0 Å². The third-order valence-corrected chi connectivity index (χ3v) is 3.45. The van der Waals surface area contributed by atoms with Gasteiger partial charge in [0.25, 0.3) is 0 Å². The van der Waals surface area contributed by atoms with E-state index >= 15 is 0 Å². The predicted octanol–water partition coefficient (Wildman–Crippen LogP) is 2.27. The smallest absolute Gasteiger partial charge is 0.0732 e. The first kappa shape index (κ1) is 14.5. The van der Waals surface area contributed by atoms with Gasteiger partial charge in [0.1, 0.15) is 0 Å². The second kappa shape index (κ2) is 6.87. The van der Waals surface area contributed by atoms with Crippen LogP contribution < -0.4 is 0 Å². The van der Waals surface area contributed by atoms with Crippen LogP contribution >= 0.6 is 0 Å². The van der Waals surface area contributed by atoms with Crippen molar-refractivity contribution in [2.45, 2.75) is 58.1 Å². The van der Waals surface area contributed by atoms with Crippen LogP contribution in [0.1, 0.15) is 46.5 Å². The van der Waals surface area contributed by atoms with Crippen molar-refractivity contribution in [2.75, 3.05) is 14.1 Å². The zero-order valence-electron chi connectivity index (χ0n) is 10.8. The van der Waals surface area contributed by atoms with E-state index in [1.54, 1.807) is 0 Å². The van der Waals surface area contributed by atoms with Crippen LogP contribution in [0.25, 0.3) is 0 Å². The van der Waals surface area contributed by atoms with Gasteiger partial charge in [0.2, 0.25) is 0 Å². The summed E-state index contributed by atoms with van der Waals surface area (Å²) in [6, 6.07) is 0. The molecule has 1 atom stereocenters. The molecular formula is C13H25NO. The highest BCUT2D eigenvalue weighted by atomic mass is 16.3. The molecule has 0 aromatic heterocycles. The second-order valence-corrected chi connectivity index (χ2v) is 4.19. The maximum Gasteiger partial charge on any atom is 0.0732 e. The first-order chi connectivity index (χ1) is 7.05. The molecule has 0 aromatic rings. The Labute approximate surface area is 94.7 Å². The summed E-state index contributed by atoms with van der Waals surface area (Å²) in [7, 11) is 4.09. The molecule has 0 bridgehead atoms. The predicted molar refractivity (Wildman–Crippen MR) is 65.7 cm³/mol. The van der Waals surface area contributed by atoms with E-state index < -0.39 is 0 Å². The summed E-state index contributed by atoms with van der Waals surface area (Å²) in [6.07, 6.45) is 3.20. The zero-order chi connectivity index (χ0) is 11.9. The van der Waals surface area contributed by atoms with Crippen LogP contribution in [0.4, 0.5) is 0 Å². The van der Waals surface area contributed by atoms with E-state index in [0.29, 0.717) is 0 Å². The Morgan fingerprint density at radius 3 is 2.13 bits per heavy atom. The zero-order valence-corrected chi connectivity index (χ0v) is 10.8. The van der Waals surface area contributed by atoms with Gasteiger partial charge in [-0.25, -0.2) is 0 Å². The summed E-state index contributed by atoms with van der Waals surface area (Å²) < 4.78 is 0. The summed E-state index contributed by atoms with van der Waals surface area (Å²) in [4.78, 5) is 2.15. The number of nitrogens with zero attached hydrogens (tertiary/aromatic N) is 1. The lowest BCUT2D eigenvalue weighted by molar-refractivity contribution is -0.0167. The Kier molecular flexibility index (Phi) is 6.63. The van der Waals surface area contributed by atoms with E-state index in [4.69, 9.17) is 0 Å². The monoisotopic (exact) mass is 211 g/mol. The van der Waals surface area contributed by atoms with Crippen LogP contribution in [-0.2, 0) is 0 Å². The normalized spacial score (nSPS) is 13.5. The minimum Gasteiger partial charge on any atom is -0.391 e. The van der Waals surface area contributed by atoms with Crippen LogP contribution in [-0.4, -0.2) is 35.7 Å². The van der Waals surface area contributed by atoms with Crippen molar-refractivity contribution in [3.05, 3.63) is 0 Å². The topological polar surface area (TPSA) is 23.5 Å². The summed E-state index contributed by atoms with van der Waals surface area (Å²) >= 11 is 0. The Balaban J connectivity index is 4.51. The molecule has 0 aliphatic rings. The van der Waals surface area contributed by atoms with Crippen LogP contribution in [0, 0.1) is 11.8 Å². The first-order valence-electron chi connectivity index (χ1n) is 5.80. The Hall–Kier alpha value is -0.520. The van der Waals surface area contributed by atoms with Gasteiger partial charge < -0.3 is 10.0 Å². The summed E-state index contributed by atoms with van der Waals surface area (Å²) in [5, 5.41) is 10.2. The van der Waals surface area contributed by atoms with Gasteiger partial charge in [0.05, 0.1) is 6.10 Å². The number of likely N-dealkylation sites (N-methyl/N-ethyl adjacent to an activating group) is 1. The van der Waals surface area contributed by atoms with E-state index in [9.17, 15) is 5.11 Å². The van der Waals surface area contributed by atoms with Gasteiger partial charge in [0, 0.05) is 12.0 Å². The minimum atomic E-state index is -0.289. The van der Waals surface area contributed by atoms with Crippen molar-refractivity contribution >= 4 is 0 Å². The van der Waals surface area contributed by atoms with Crippen molar-refractivity contribution < 1.29 is 5.11 Å². The Morgan fingerprint density at radius 1 is 1.27 bits per heavy atom. The highest BCUT2D eigenvalue weighted by Crippen LogP contribution is 2.28. The maximum atomic E-state index is 10.2. The van der Waals surface area contributed by atoms with Gasteiger partial charge in [-0.15, -0.1) is 11.8 Å². The molecule has 0 aliphatic carbocycles. The van der Waals surface area contributed by atoms with Crippen molar-refractivity contribution in [1.82, 2.24) is 4.90 Å².